The standard InChI is InChI=1S/C22H34O4/c1-3-5-6-7-8-17-26-20-11-9-19(10-12-20)22(24)15-13-18(14-16-22)21(23)25-4-2/h9-12,18,24H,3-8,13-17H2,1-2H3. The lowest BCUT2D eigenvalue weighted by atomic mass is 9.75. The maximum atomic E-state index is 11.9. The number of hydrogen-bond donors (Lipinski definition) is 1. The molecule has 0 aromatic heterocycles. The molecule has 26 heavy (non-hydrogen) atoms. The Hall–Kier alpha value is -1.55. The van der Waals surface area contributed by atoms with Crippen LogP contribution in [0.3, 0.4) is 0 Å². The van der Waals surface area contributed by atoms with Gasteiger partial charge < -0.3 is 14.6 Å². The zero-order valence-corrected chi connectivity index (χ0v) is 16.3. The Bertz CT molecular complexity index is 530. The number of esters is 1. The normalized spacial score (nSPS) is 22.8. The van der Waals surface area contributed by atoms with Crippen LogP contribution < -0.4 is 4.74 Å². The van der Waals surface area contributed by atoms with Crippen molar-refractivity contribution < 1.29 is 19.4 Å². The Balaban J connectivity index is 1.79. The first-order chi connectivity index (χ1) is 12.6. The number of aliphatic hydroxyl groups is 1. The fraction of sp³-hybridized carbons (Fsp3) is 0.682. The highest BCUT2D eigenvalue weighted by Crippen LogP contribution is 2.40. The van der Waals surface area contributed by atoms with Crippen molar-refractivity contribution in [2.75, 3.05) is 13.2 Å². The van der Waals surface area contributed by atoms with Gasteiger partial charge in [-0.3, -0.25) is 4.79 Å². The molecule has 1 saturated carbocycles. The molecule has 0 heterocycles. The Labute approximate surface area is 157 Å². The van der Waals surface area contributed by atoms with Crippen molar-refractivity contribution in [1.82, 2.24) is 0 Å². The largest absolute Gasteiger partial charge is 0.494 e. The summed E-state index contributed by atoms with van der Waals surface area (Å²) < 4.78 is 10.9. The van der Waals surface area contributed by atoms with Crippen molar-refractivity contribution in [2.24, 2.45) is 5.92 Å². The molecule has 0 aliphatic heterocycles. The average Bonchev–Trinajstić information content (AvgIpc) is 2.66. The van der Waals surface area contributed by atoms with Crippen molar-refractivity contribution >= 4 is 5.97 Å². The minimum Gasteiger partial charge on any atom is -0.494 e. The van der Waals surface area contributed by atoms with Gasteiger partial charge in [0.15, 0.2) is 0 Å². The highest BCUT2D eigenvalue weighted by molar-refractivity contribution is 5.72. The number of hydrogen-bond acceptors (Lipinski definition) is 4. The molecule has 0 atom stereocenters. The van der Waals surface area contributed by atoms with Gasteiger partial charge in [-0.2, -0.15) is 0 Å². The van der Waals surface area contributed by atoms with Gasteiger partial charge in [-0.05, 0) is 56.7 Å². The Morgan fingerprint density at radius 3 is 2.35 bits per heavy atom. The molecule has 146 valence electrons. The van der Waals surface area contributed by atoms with Crippen LogP contribution in [-0.4, -0.2) is 24.3 Å². The first kappa shape index (κ1) is 20.8. The summed E-state index contributed by atoms with van der Waals surface area (Å²) in [5, 5.41) is 11.0. The van der Waals surface area contributed by atoms with Gasteiger partial charge in [-0.15, -0.1) is 0 Å². The summed E-state index contributed by atoms with van der Waals surface area (Å²) in [6.45, 7) is 5.20. The van der Waals surface area contributed by atoms with E-state index in [1.165, 1.54) is 25.7 Å². The maximum absolute atomic E-state index is 11.9. The summed E-state index contributed by atoms with van der Waals surface area (Å²) in [6.07, 6.45) is 8.65. The third-order valence-electron chi connectivity index (χ3n) is 5.34. The maximum Gasteiger partial charge on any atom is 0.308 e. The molecule has 0 amide bonds. The second-order valence-corrected chi connectivity index (χ2v) is 7.34. The van der Waals surface area contributed by atoms with E-state index in [2.05, 4.69) is 6.92 Å². The Morgan fingerprint density at radius 2 is 1.73 bits per heavy atom. The summed E-state index contributed by atoms with van der Waals surface area (Å²) in [4.78, 5) is 11.9. The van der Waals surface area contributed by atoms with Crippen LogP contribution in [0.4, 0.5) is 0 Å². The van der Waals surface area contributed by atoms with Gasteiger partial charge in [0.2, 0.25) is 0 Å². The summed E-state index contributed by atoms with van der Waals surface area (Å²) in [5.74, 6) is 0.649. The molecule has 0 bridgehead atoms. The van der Waals surface area contributed by atoms with E-state index in [9.17, 15) is 9.90 Å². The number of unbranched alkanes of at least 4 members (excludes halogenated alkanes) is 4. The Morgan fingerprint density at radius 1 is 1.08 bits per heavy atom. The van der Waals surface area contributed by atoms with Crippen LogP contribution in [-0.2, 0) is 15.1 Å². The van der Waals surface area contributed by atoms with E-state index in [-0.39, 0.29) is 11.9 Å². The van der Waals surface area contributed by atoms with Crippen molar-refractivity contribution in [3.8, 4) is 5.75 Å². The van der Waals surface area contributed by atoms with E-state index in [1.54, 1.807) is 0 Å². The Kier molecular flexibility index (Phi) is 8.43. The van der Waals surface area contributed by atoms with E-state index in [4.69, 9.17) is 9.47 Å². The minimum atomic E-state index is -0.846. The SMILES string of the molecule is CCCCCCCOc1ccc(C2(O)CCC(C(=O)OCC)CC2)cc1. The van der Waals surface area contributed by atoms with Crippen LogP contribution in [0.2, 0.25) is 0 Å². The van der Waals surface area contributed by atoms with Crippen LogP contribution in [0.25, 0.3) is 0 Å². The fourth-order valence-electron chi connectivity index (χ4n) is 3.64. The lowest BCUT2D eigenvalue weighted by molar-refractivity contribution is -0.151. The first-order valence-corrected chi connectivity index (χ1v) is 10.2. The fourth-order valence-corrected chi connectivity index (χ4v) is 3.64. The van der Waals surface area contributed by atoms with Gasteiger partial charge >= 0.3 is 5.97 Å². The third-order valence-corrected chi connectivity index (χ3v) is 5.34. The van der Waals surface area contributed by atoms with E-state index in [0.717, 1.165) is 24.3 Å². The van der Waals surface area contributed by atoms with Gasteiger partial charge in [0.05, 0.1) is 24.7 Å². The lowest BCUT2D eigenvalue weighted by Gasteiger charge is -2.35. The zero-order chi connectivity index (χ0) is 18.8. The molecular formula is C22H34O4. The second-order valence-electron chi connectivity index (χ2n) is 7.34. The summed E-state index contributed by atoms with van der Waals surface area (Å²) in [5.41, 5.74) is 0.0666. The van der Waals surface area contributed by atoms with E-state index in [0.29, 0.717) is 32.3 Å². The highest BCUT2D eigenvalue weighted by Gasteiger charge is 2.37. The molecule has 4 nitrogen and oxygen atoms in total. The van der Waals surface area contributed by atoms with Crippen molar-refractivity contribution in [3.05, 3.63) is 29.8 Å². The average molecular weight is 363 g/mol. The van der Waals surface area contributed by atoms with Crippen molar-refractivity contribution in [3.63, 3.8) is 0 Å². The molecule has 1 aliphatic carbocycles. The van der Waals surface area contributed by atoms with Crippen LogP contribution in [0.5, 0.6) is 5.75 Å². The molecule has 1 fully saturated rings. The van der Waals surface area contributed by atoms with Crippen LogP contribution in [0, 0.1) is 5.92 Å². The van der Waals surface area contributed by atoms with Crippen LogP contribution in [0.1, 0.15) is 77.2 Å². The van der Waals surface area contributed by atoms with Gasteiger partial charge in [-0.1, -0.05) is 44.7 Å². The quantitative estimate of drug-likeness (QED) is 0.471. The molecule has 0 saturated heterocycles. The summed E-state index contributed by atoms with van der Waals surface area (Å²) >= 11 is 0. The lowest BCUT2D eigenvalue weighted by Crippen LogP contribution is -2.34. The smallest absolute Gasteiger partial charge is 0.308 e. The molecule has 2 rings (SSSR count). The number of ether oxygens (including phenoxy) is 2. The number of rotatable bonds is 10. The topological polar surface area (TPSA) is 55.8 Å². The van der Waals surface area contributed by atoms with Gasteiger partial charge in [-0.25, -0.2) is 0 Å². The number of carbonyl (C=O) groups excluding carboxylic acids is 1. The monoisotopic (exact) mass is 362 g/mol. The molecular weight excluding hydrogens is 328 g/mol. The van der Waals surface area contributed by atoms with Gasteiger partial charge in [0, 0.05) is 0 Å². The summed E-state index contributed by atoms with van der Waals surface area (Å²) in [7, 11) is 0. The highest BCUT2D eigenvalue weighted by atomic mass is 16.5. The molecule has 4 heteroatoms. The first-order valence-electron chi connectivity index (χ1n) is 10.2. The summed E-state index contributed by atoms with van der Waals surface area (Å²) in [6, 6.07) is 7.79. The molecule has 0 unspecified atom stereocenters. The molecule has 1 aromatic carbocycles. The zero-order valence-electron chi connectivity index (χ0n) is 16.3. The van der Waals surface area contributed by atoms with E-state index >= 15 is 0 Å². The molecule has 1 N–H and O–H groups in total. The van der Waals surface area contributed by atoms with Gasteiger partial charge in [0.25, 0.3) is 0 Å². The second kappa shape index (κ2) is 10.6. The predicted octanol–water partition coefficient (Wildman–Crippen LogP) is 4.98. The van der Waals surface area contributed by atoms with E-state index < -0.39 is 5.60 Å². The predicted molar refractivity (Wildman–Crippen MR) is 103 cm³/mol. The van der Waals surface area contributed by atoms with Gasteiger partial charge in [0.1, 0.15) is 5.75 Å². The van der Waals surface area contributed by atoms with Crippen LogP contribution >= 0.6 is 0 Å². The molecule has 1 aliphatic rings. The van der Waals surface area contributed by atoms with Crippen molar-refractivity contribution in [1.29, 1.82) is 0 Å². The molecule has 0 spiro atoms. The third kappa shape index (κ3) is 6.01. The van der Waals surface area contributed by atoms with E-state index in [1.807, 2.05) is 31.2 Å². The molecule has 1 aromatic rings. The van der Waals surface area contributed by atoms with Crippen molar-refractivity contribution in [2.45, 2.75) is 77.2 Å². The number of benzene rings is 1. The molecule has 0 radical (unpaired) electrons. The van der Waals surface area contributed by atoms with Crippen LogP contribution in [0.15, 0.2) is 24.3 Å². The number of carbonyl (C=O) groups is 1. The minimum absolute atomic E-state index is 0.0782.